The van der Waals surface area contributed by atoms with E-state index in [0.29, 0.717) is 22.6 Å². The normalized spacial score (nSPS) is 11.3. The van der Waals surface area contributed by atoms with E-state index in [9.17, 15) is 9.59 Å². The molecule has 0 amide bonds. The number of hydrogen-bond acceptors (Lipinski definition) is 6. The van der Waals surface area contributed by atoms with E-state index < -0.39 is 11.9 Å². The number of hydrogen-bond donors (Lipinski definition) is 2. The average Bonchev–Trinajstić information content (AvgIpc) is 2.85. The number of nitrogens with one attached hydrogen (secondary N) is 2. The molecule has 0 aromatic carbocycles. The summed E-state index contributed by atoms with van der Waals surface area (Å²) in [6.07, 6.45) is 0. The molecule has 1 aromatic rings. The summed E-state index contributed by atoms with van der Waals surface area (Å²) >= 11 is 1.42. The summed E-state index contributed by atoms with van der Waals surface area (Å²) in [5.74, 6) is -0.487. The maximum atomic E-state index is 12.2. The standard InChI is InChI=1S/C15H23N3O4S/c1-6-21-13(19)11-9(3)12(14(20)22-7-2)18-10(11)8-23-15(16-4)17-5/h18H,6-8H2,1-5H3,(H,16,17). The number of ether oxygens (including phenoxy) is 2. The molecule has 0 aliphatic carbocycles. The summed E-state index contributed by atoms with van der Waals surface area (Å²) < 4.78 is 10.1. The van der Waals surface area contributed by atoms with E-state index in [1.165, 1.54) is 11.8 Å². The number of nitrogens with zero attached hydrogens (tertiary/aromatic N) is 1. The number of aliphatic imine (C=N–C) groups is 1. The Morgan fingerprint density at radius 3 is 2.35 bits per heavy atom. The van der Waals surface area contributed by atoms with Gasteiger partial charge in [0.2, 0.25) is 0 Å². The number of carbonyl (C=O) groups excluding carboxylic acids is 2. The minimum absolute atomic E-state index is 0.266. The van der Waals surface area contributed by atoms with Crippen molar-refractivity contribution in [2.75, 3.05) is 27.3 Å². The monoisotopic (exact) mass is 341 g/mol. The largest absolute Gasteiger partial charge is 0.462 e. The molecular formula is C15H23N3O4S. The molecule has 0 radical (unpaired) electrons. The Bertz CT molecular complexity index is 596. The lowest BCUT2D eigenvalue weighted by atomic mass is 10.1. The predicted molar refractivity (Wildman–Crippen MR) is 91.2 cm³/mol. The Balaban J connectivity index is 3.17. The number of thioether (sulfide) groups is 1. The fraction of sp³-hybridized carbons (Fsp3) is 0.533. The number of carbonyl (C=O) groups is 2. The first-order chi connectivity index (χ1) is 11.0. The molecule has 1 aromatic heterocycles. The van der Waals surface area contributed by atoms with E-state index in [0.717, 1.165) is 5.17 Å². The highest BCUT2D eigenvalue weighted by molar-refractivity contribution is 8.13. The van der Waals surface area contributed by atoms with Crippen molar-refractivity contribution in [3.63, 3.8) is 0 Å². The molecule has 128 valence electrons. The summed E-state index contributed by atoms with van der Waals surface area (Å²) in [6.45, 7) is 5.71. The van der Waals surface area contributed by atoms with Gasteiger partial charge in [0.15, 0.2) is 5.17 Å². The van der Waals surface area contributed by atoms with Crippen LogP contribution in [0.15, 0.2) is 4.99 Å². The molecule has 7 nitrogen and oxygen atoms in total. The second-order valence-electron chi connectivity index (χ2n) is 4.49. The number of amidine groups is 1. The Morgan fingerprint density at radius 1 is 1.22 bits per heavy atom. The second-order valence-corrected chi connectivity index (χ2v) is 5.45. The number of aromatic amines is 1. The molecule has 23 heavy (non-hydrogen) atoms. The second kappa shape index (κ2) is 9.24. The highest BCUT2D eigenvalue weighted by atomic mass is 32.2. The molecule has 1 heterocycles. The molecule has 0 saturated heterocycles. The van der Waals surface area contributed by atoms with Gasteiger partial charge in [-0.2, -0.15) is 0 Å². The van der Waals surface area contributed by atoms with Gasteiger partial charge in [-0.05, 0) is 26.3 Å². The Kier molecular flexibility index (Phi) is 7.67. The van der Waals surface area contributed by atoms with Gasteiger partial charge < -0.3 is 19.8 Å². The van der Waals surface area contributed by atoms with Crippen molar-refractivity contribution in [2.24, 2.45) is 4.99 Å². The molecule has 0 atom stereocenters. The third-order valence-electron chi connectivity index (χ3n) is 3.06. The fourth-order valence-corrected chi connectivity index (χ4v) is 2.81. The molecule has 8 heteroatoms. The zero-order valence-corrected chi connectivity index (χ0v) is 14.9. The number of esters is 2. The van der Waals surface area contributed by atoms with Crippen LogP contribution in [0.2, 0.25) is 0 Å². The van der Waals surface area contributed by atoms with Gasteiger partial charge >= 0.3 is 11.9 Å². The fourth-order valence-electron chi connectivity index (χ4n) is 2.04. The number of aromatic nitrogens is 1. The van der Waals surface area contributed by atoms with Gasteiger partial charge in [-0.3, -0.25) is 4.99 Å². The van der Waals surface area contributed by atoms with Crippen LogP contribution >= 0.6 is 11.8 Å². The Hall–Kier alpha value is -1.96. The summed E-state index contributed by atoms with van der Waals surface area (Å²) in [6, 6.07) is 0. The van der Waals surface area contributed by atoms with Crippen molar-refractivity contribution in [2.45, 2.75) is 26.5 Å². The molecule has 0 aliphatic rings. The van der Waals surface area contributed by atoms with Crippen LogP contribution < -0.4 is 5.32 Å². The molecule has 0 spiro atoms. The summed E-state index contributed by atoms with van der Waals surface area (Å²) in [4.78, 5) is 31.3. The van der Waals surface area contributed by atoms with Crippen LogP contribution in [0.4, 0.5) is 0 Å². The van der Waals surface area contributed by atoms with Crippen LogP contribution in [0.3, 0.4) is 0 Å². The van der Waals surface area contributed by atoms with E-state index in [-0.39, 0.29) is 18.9 Å². The van der Waals surface area contributed by atoms with Crippen LogP contribution in [0.5, 0.6) is 0 Å². The van der Waals surface area contributed by atoms with Gasteiger partial charge in [0.05, 0.1) is 18.8 Å². The van der Waals surface area contributed by atoms with Crippen molar-refractivity contribution in [1.82, 2.24) is 10.3 Å². The maximum absolute atomic E-state index is 12.2. The Morgan fingerprint density at radius 2 is 1.83 bits per heavy atom. The predicted octanol–water partition coefficient (Wildman–Crippen LogP) is 2.11. The van der Waals surface area contributed by atoms with Crippen LogP contribution in [0.25, 0.3) is 0 Å². The molecule has 0 unspecified atom stereocenters. The van der Waals surface area contributed by atoms with Gasteiger partial charge in [0.25, 0.3) is 0 Å². The van der Waals surface area contributed by atoms with Gasteiger partial charge in [-0.25, -0.2) is 9.59 Å². The first-order valence-corrected chi connectivity index (χ1v) is 8.31. The summed E-state index contributed by atoms with van der Waals surface area (Å²) in [5.41, 5.74) is 1.82. The third kappa shape index (κ3) is 4.75. The third-order valence-corrected chi connectivity index (χ3v) is 4.15. The molecule has 0 aliphatic heterocycles. The van der Waals surface area contributed by atoms with Crippen molar-refractivity contribution in [3.8, 4) is 0 Å². The first-order valence-electron chi connectivity index (χ1n) is 7.33. The molecule has 0 saturated carbocycles. The van der Waals surface area contributed by atoms with Gasteiger partial charge in [0, 0.05) is 25.5 Å². The highest BCUT2D eigenvalue weighted by Gasteiger charge is 2.25. The summed E-state index contributed by atoms with van der Waals surface area (Å²) in [7, 11) is 3.45. The van der Waals surface area contributed by atoms with Crippen molar-refractivity contribution in [3.05, 3.63) is 22.5 Å². The minimum Gasteiger partial charge on any atom is -0.462 e. The van der Waals surface area contributed by atoms with E-state index >= 15 is 0 Å². The molecule has 0 fully saturated rings. The Labute approximate surface area is 140 Å². The zero-order valence-electron chi connectivity index (χ0n) is 14.1. The highest BCUT2D eigenvalue weighted by Crippen LogP contribution is 2.24. The van der Waals surface area contributed by atoms with E-state index in [1.807, 2.05) is 0 Å². The molecular weight excluding hydrogens is 318 g/mol. The minimum atomic E-state index is -0.482. The van der Waals surface area contributed by atoms with Gasteiger partial charge in [-0.1, -0.05) is 11.8 Å². The lowest BCUT2D eigenvalue weighted by molar-refractivity contribution is 0.0518. The van der Waals surface area contributed by atoms with Gasteiger partial charge in [-0.15, -0.1) is 0 Å². The maximum Gasteiger partial charge on any atom is 0.355 e. The zero-order chi connectivity index (χ0) is 17.4. The summed E-state index contributed by atoms with van der Waals surface area (Å²) in [5, 5.41) is 3.68. The molecule has 1 rings (SSSR count). The first kappa shape index (κ1) is 19.1. The van der Waals surface area contributed by atoms with Crippen LogP contribution in [-0.2, 0) is 15.2 Å². The van der Waals surface area contributed by atoms with Crippen LogP contribution in [0.1, 0.15) is 46.0 Å². The van der Waals surface area contributed by atoms with E-state index in [2.05, 4.69) is 15.3 Å². The van der Waals surface area contributed by atoms with Crippen molar-refractivity contribution < 1.29 is 19.1 Å². The van der Waals surface area contributed by atoms with Crippen LogP contribution in [0, 0.1) is 6.92 Å². The SMILES string of the molecule is CCOC(=O)c1[nH]c(CSC(=NC)NC)c(C(=O)OCC)c1C. The van der Waals surface area contributed by atoms with Crippen molar-refractivity contribution >= 4 is 28.9 Å². The van der Waals surface area contributed by atoms with Crippen LogP contribution in [-0.4, -0.2) is 49.4 Å². The quantitative estimate of drug-likeness (QED) is 0.468. The van der Waals surface area contributed by atoms with Gasteiger partial charge in [0.1, 0.15) is 5.69 Å². The lowest BCUT2D eigenvalue weighted by Crippen LogP contribution is -2.15. The molecule has 2 N–H and O–H groups in total. The molecule has 0 bridgehead atoms. The number of rotatable bonds is 6. The lowest BCUT2D eigenvalue weighted by Gasteiger charge is -2.06. The average molecular weight is 341 g/mol. The topological polar surface area (TPSA) is 92.8 Å². The van der Waals surface area contributed by atoms with E-state index in [1.54, 1.807) is 34.9 Å². The smallest absolute Gasteiger partial charge is 0.355 e. The van der Waals surface area contributed by atoms with Crippen molar-refractivity contribution in [1.29, 1.82) is 0 Å². The van der Waals surface area contributed by atoms with E-state index in [4.69, 9.17) is 9.47 Å². The number of H-pyrrole nitrogens is 1.